The largest absolute Gasteiger partial charge is 0.504 e. The summed E-state index contributed by atoms with van der Waals surface area (Å²) in [6.07, 6.45) is -3.22. The summed E-state index contributed by atoms with van der Waals surface area (Å²) in [7, 11) is 4.48. The zero-order valence-corrected chi connectivity index (χ0v) is 32.7. The van der Waals surface area contributed by atoms with E-state index in [2.05, 4.69) is 0 Å². The van der Waals surface area contributed by atoms with Gasteiger partial charge in [0, 0.05) is 12.2 Å². The molecule has 20 heteroatoms. The number of phenolic OH excluding ortho intramolecular Hbond substituents is 3. The molecule has 10 atom stereocenters. The van der Waals surface area contributed by atoms with E-state index in [9.17, 15) is 34.5 Å². The molecule has 2 aromatic carbocycles. The molecule has 0 aliphatic carbocycles. The fraction of sp³-hybridized carbons (Fsp3) is 0.487. The highest BCUT2D eigenvalue weighted by atomic mass is 16.9. The number of phenols is 3. The van der Waals surface area contributed by atoms with Gasteiger partial charge in [-0.25, -0.2) is 19.2 Å². The van der Waals surface area contributed by atoms with Gasteiger partial charge in [0.25, 0.3) is 0 Å². The summed E-state index contributed by atoms with van der Waals surface area (Å²) in [6, 6.07) is 5.61. The van der Waals surface area contributed by atoms with Gasteiger partial charge in [-0.15, -0.1) is 0 Å². The lowest BCUT2D eigenvalue weighted by Crippen LogP contribution is -2.37. The van der Waals surface area contributed by atoms with Crippen LogP contribution in [0, 0.1) is 0 Å². The van der Waals surface area contributed by atoms with E-state index in [-0.39, 0.29) is 5.56 Å². The van der Waals surface area contributed by atoms with Crippen LogP contribution in [0.1, 0.15) is 38.8 Å². The molecule has 6 heterocycles. The van der Waals surface area contributed by atoms with Crippen LogP contribution < -0.4 is 14.2 Å². The van der Waals surface area contributed by atoms with Crippen molar-refractivity contribution in [1.82, 2.24) is 0 Å². The van der Waals surface area contributed by atoms with Gasteiger partial charge in [0.05, 0.1) is 21.3 Å². The van der Waals surface area contributed by atoms with Gasteiger partial charge in [0.15, 0.2) is 77.3 Å². The van der Waals surface area contributed by atoms with Crippen molar-refractivity contribution in [3.63, 3.8) is 0 Å². The number of aromatic hydroxyl groups is 3. The van der Waals surface area contributed by atoms with Crippen molar-refractivity contribution in [2.75, 3.05) is 21.3 Å². The Morgan fingerprint density at radius 3 is 1.39 bits per heavy atom. The van der Waals surface area contributed by atoms with Crippen LogP contribution in [0.5, 0.6) is 34.5 Å². The lowest BCUT2D eigenvalue weighted by Gasteiger charge is -2.21. The number of hydrogen-bond donors (Lipinski definition) is 3. The molecule has 6 fully saturated rings. The summed E-state index contributed by atoms with van der Waals surface area (Å²) in [5, 5.41) is 28.2. The van der Waals surface area contributed by atoms with E-state index in [1.165, 1.54) is 39.6 Å². The smallest absolute Gasteiger partial charge is 0.350 e. The van der Waals surface area contributed by atoms with Crippen LogP contribution in [-0.2, 0) is 66.5 Å². The first-order valence-electron chi connectivity index (χ1n) is 18.2. The lowest BCUT2D eigenvalue weighted by atomic mass is 10.1. The van der Waals surface area contributed by atoms with Gasteiger partial charge in [-0.05, 0) is 75.2 Å². The topological polar surface area (TPSA) is 249 Å². The third-order valence-electron chi connectivity index (χ3n) is 9.71. The number of ether oxygens (including phenoxy) is 13. The molecule has 0 spiro atoms. The molecule has 2 aromatic rings. The quantitative estimate of drug-likeness (QED) is 0.141. The second-order valence-electron chi connectivity index (χ2n) is 14.7. The van der Waals surface area contributed by atoms with Crippen molar-refractivity contribution in [1.29, 1.82) is 0 Å². The SMILES string of the molecule is CC1(C)OC2OC3C(OC(=O)/C=C/c4cc(O)c(O)c(O)c4)C(=O)OC3C2O1.COc1cc(/C=C/C(=O)OC2C(=O)OC3C4OC(C)(C)OC4OC23)cc(OC)c1OC. The van der Waals surface area contributed by atoms with Crippen LogP contribution in [0.2, 0.25) is 0 Å². The van der Waals surface area contributed by atoms with E-state index >= 15 is 0 Å². The second-order valence-corrected chi connectivity index (χ2v) is 14.7. The van der Waals surface area contributed by atoms with Crippen molar-refractivity contribution < 1.29 is 96.1 Å². The first kappa shape index (κ1) is 41.5. The summed E-state index contributed by atoms with van der Waals surface area (Å²) in [5.74, 6) is -5.21. The van der Waals surface area contributed by atoms with Crippen molar-refractivity contribution >= 4 is 36.0 Å². The number of fused-ring (bicyclic) bond motifs is 6. The third-order valence-corrected chi connectivity index (χ3v) is 9.71. The lowest BCUT2D eigenvalue weighted by molar-refractivity contribution is -0.216. The number of benzene rings is 2. The zero-order chi connectivity index (χ0) is 42.6. The standard InChI is InChI=1S/C21H24O10.C18H18O10/c1-21(2)30-18-16-15(29-20(18)31-21)17(19(23)28-16)27-13(22)7-6-10-8-11(24-3)14(26-5)12(9-10)25-4;1-18(2)27-15-13-12(26-17(15)28-18)14(16(23)25-13)24-10(21)4-3-7-5-8(19)11(22)9(20)6-7/h6-9,15-18,20H,1-5H3;3-6,12-15,17,19-20,22H,1-2H3/b7-6+;4-3+. The highest BCUT2D eigenvalue weighted by molar-refractivity contribution is 5.91. The van der Waals surface area contributed by atoms with Gasteiger partial charge >= 0.3 is 23.9 Å². The summed E-state index contributed by atoms with van der Waals surface area (Å²) in [4.78, 5) is 48.8. The maximum Gasteiger partial charge on any atom is 0.350 e. The molecule has 0 saturated carbocycles. The summed E-state index contributed by atoms with van der Waals surface area (Å²) < 4.78 is 70.9. The molecule has 6 saturated heterocycles. The highest BCUT2D eigenvalue weighted by Gasteiger charge is 2.65. The minimum absolute atomic E-state index is 0.229. The first-order valence-corrected chi connectivity index (χ1v) is 18.2. The molecule has 0 radical (unpaired) electrons. The molecule has 20 nitrogen and oxygen atoms in total. The Bertz CT molecular complexity index is 2010. The summed E-state index contributed by atoms with van der Waals surface area (Å²) in [6.45, 7) is 6.90. The Labute approximate surface area is 335 Å². The van der Waals surface area contributed by atoms with Crippen LogP contribution in [0.15, 0.2) is 36.4 Å². The Morgan fingerprint density at radius 1 is 0.593 bits per heavy atom. The van der Waals surface area contributed by atoms with Crippen LogP contribution in [0.3, 0.4) is 0 Å². The maximum absolute atomic E-state index is 12.4. The number of esters is 4. The molecule has 10 unspecified atom stereocenters. The molecule has 3 N–H and O–H groups in total. The van der Waals surface area contributed by atoms with Gasteiger partial charge in [-0.1, -0.05) is 0 Å². The van der Waals surface area contributed by atoms with Crippen LogP contribution in [-0.4, -0.2) is 134 Å². The van der Waals surface area contributed by atoms with Gasteiger partial charge in [-0.2, -0.15) is 0 Å². The Kier molecular flexibility index (Phi) is 11.2. The molecular weight excluding hydrogens is 788 g/mol. The number of carbonyl (C=O) groups is 4. The Morgan fingerprint density at radius 2 is 1.00 bits per heavy atom. The van der Waals surface area contributed by atoms with Crippen molar-refractivity contribution in [3.05, 3.63) is 47.5 Å². The number of rotatable bonds is 9. The number of hydrogen-bond acceptors (Lipinski definition) is 20. The van der Waals surface area contributed by atoms with Gasteiger partial charge in [-0.3, -0.25) is 0 Å². The zero-order valence-electron chi connectivity index (χ0n) is 32.7. The Balaban J connectivity index is 0.000000180. The second kappa shape index (κ2) is 15.8. The molecule has 0 bridgehead atoms. The minimum Gasteiger partial charge on any atom is -0.504 e. The maximum atomic E-state index is 12.4. The van der Waals surface area contributed by atoms with E-state index < -0.39 is 114 Å². The summed E-state index contributed by atoms with van der Waals surface area (Å²) >= 11 is 0. The van der Waals surface area contributed by atoms with E-state index in [0.29, 0.717) is 22.8 Å². The molecule has 318 valence electrons. The van der Waals surface area contributed by atoms with Crippen LogP contribution in [0.4, 0.5) is 0 Å². The van der Waals surface area contributed by atoms with E-state index in [1.54, 1.807) is 39.8 Å². The van der Waals surface area contributed by atoms with Gasteiger partial charge in [0.1, 0.15) is 12.2 Å². The molecule has 8 rings (SSSR count). The molecule has 0 aromatic heterocycles. The third kappa shape index (κ3) is 8.32. The Hall–Kier alpha value is -5.64. The first-order chi connectivity index (χ1) is 27.9. The predicted molar refractivity (Wildman–Crippen MR) is 193 cm³/mol. The van der Waals surface area contributed by atoms with Gasteiger partial charge < -0.3 is 76.9 Å². The average Bonchev–Trinajstić information content (AvgIpc) is 3.98. The fourth-order valence-electron chi connectivity index (χ4n) is 7.24. The average molecular weight is 831 g/mol. The molecule has 59 heavy (non-hydrogen) atoms. The molecule has 0 amide bonds. The van der Waals surface area contributed by atoms with Crippen LogP contribution >= 0.6 is 0 Å². The predicted octanol–water partition coefficient (Wildman–Crippen LogP) is 1.97. The molecule has 6 aliphatic heterocycles. The van der Waals surface area contributed by atoms with Crippen molar-refractivity contribution in [2.24, 2.45) is 0 Å². The number of carbonyl (C=O) groups excluding carboxylic acids is 4. The molecular formula is C39H42O20. The highest BCUT2D eigenvalue weighted by Crippen LogP contribution is 2.45. The normalized spacial score (nSPS) is 31.7. The fourth-order valence-corrected chi connectivity index (χ4v) is 7.24. The molecule has 6 aliphatic rings. The van der Waals surface area contributed by atoms with E-state index in [1.807, 2.05) is 0 Å². The number of methoxy groups -OCH3 is 3. The summed E-state index contributed by atoms with van der Waals surface area (Å²) in [5.41, 5.74) is 0.835. The van der Waals surface area contributed by atoms with Crippen LogP contribution in [0.25, 0.3) is 12.2 Å². The van der Waals surface area contributed by atoms with Gasteiger partial charge in [0.2, 0.25) is 18.0 Å². The van der Waals surface area contributed by atoms with E-state index in [0.717, 1.165) is 18.2 Å². The van der Waals surface area contributed by atoms with E-state index in [4.69, 9.17) is 61.6 Å². The minimum atomic E-state index is -1.27. The van der Waals surface area contributed by atoms with Crippen molar-refractivity contribution in [2.45, 2.75) is 101 Å². The monoisotopic (exact) mass is 830 g/mol. The van der Waals surface area contributed by atoms with Crippen molar-refractivity contribution in [3.8, 4) is 34.5 Å².